The maximum Gasteiger partial charge on any atom is 0.153 e. The van der Waals surface area contributed by atoms with Crippen LogP contribution in [0.1, 0.15) is 27.2 Å². The molecule has 0 bridgehead atoms. The zero-order valence-electron chi connectivity index (χ0n) is 10.2. The summed E-state index contributed by atoms with van der Waals surface area (Å²) < 4.78 is 23.1. The second-order valence-corrected chi connectivity index (χ2v) is 7.00. The number of nitrogens with zero attached hydrogens (tertiary/aromatic N) is 1. The predicted molar refractivity (Wildman–Crippen MR) is 64.7 cm³/mol. The SMILES string of the molecule is CC(CCN)N(C)CCS(=O)(=O)C(C)C. The number of nitrogens with two attached hydrogens (primary N) is 1. The molecule has 0 spiro atoms. The first kappa shape index (κ1) is 14.9. The van der Waals surface area contributed by atoms with Crippen LogP contribution in [0.5, 0.6) is 0 Å². The molecule has 0 saturated heterocycles. The van der Waals surface area contributed by atoms with E-state index in [9.17, 15) is 8.42 Å². The lowest BCUT2D eigenvalue weighted by molar-refractivity contribution is 0.262. The lowest BCUT2D eigenvalue weighted by Gasteiger charge is -2.24. The van der Waals surface area contributed by atoms with Crippen molar-refractivity contribution in [2.24, 2.45) is 5.73 Å². The van der Waals surface area contributed by atoms with Crippen molar-refractivity contribution in [2.45, 2.75) is 38.5 Å². The van der Waals surface area contributed by atoms with Gasteiger partial charge in [-0.3, -0.25) is 0 Å². The molecule has 0 aromatic heterocycles. The van der Waals surface area contributed by atoms with Gasteiger partial charge in [-0.1, -0.05) is 0 Å². The molecule has 0 aromatic carbocycles. The Labute approximate surface area is 93.7 Å². The van der Waals surface area contributed by atoms with Crippen LogP contribution >= 0.6 is 0 Å². The highest BCUT2D eigenvalue weighted by atomic mass is 32.2. The van der Waals surface area contributed by atoms with Crippen molar-refractivity contribution in [2.75, 3.05) is 25.9 Å². The van der Waals surface area contributed by atoms with Gasteiger partial charge in [0.1, 0.15) is 0 Å². The summed E-state index contributed by atoms with van der Waals surface area (Å²) in [6, 6.07) is 0.345. The van der Waals surface area contributed by atoms with Crippen molar-refractivity contribution in [3.05, 3.63) is 0 Å². The Morgan fingerprint density at radius 3 is 2.20 bits per heavy atom. The fraction of sp³-hybridized carbons (Fsp3) is 1.00. The Balaban J connectivity index is 4.06. The van der Waals surface area contributed by atoms with Crippen LogP contribution in [-0.2, 0) is 9.84 Å². The second kappa shape index (κ2) is 6.45. The van der Waals surface area contributed by atoms with E-state index in [1.54, 1.807) is 13.8 Å². The van der Waals surface area contributed by atoms with Crippen molar-refractivity contribution < 1.29 is 8.42 Å². The van der Waals surface area contributed by atoms with Crippen LogP contribution in [0, 0.1) is 0 Å². The molecule has 5 heteroatoms. The topological polar surface area (TPSA) is 63.4 Å². The van der Waals surface area contributed by atoms with E-state index in [-0.39, 0.29) is 11.0 Å². The molecule has 0 aromatic rings. The molecular formula is C10H24N2O2S. The largest absolute Gasteiger partial charge is 0.330 e. The van der Waals surface area contributed by atoms with Gasteiger partial charge in [0, 0.05) is 12.6 Å². The predicted octanol–water partition coefficient (Wildman–Crippen LogP) is 0.479. The fourth-order valence-electron chi connectivity index (χ4n) is 1.19. The van der Waals surface area contributed by atoms with Crippen LogP contribution in [-0.4, -0.2) is 50.5 Å². The summed E-state index contributed by atoms with van der Waals surface area (Å²) in [5.41, 5.74) is 5.45. The summed E-state index contributed by atoms with van der Waals surface area (Å²) >= 11 is 0. The molecule has 4 nitrogen and oxygen atoms in total. The molecule has 0 aliphatic heterocycles. The Morgan fingerprint density at radius 1 is 1.27 bits per heavy atom. The Morgan fingerprint density at radius 2 is 1.80 bits per heavy atom. The lowest BCUT2D eigenvalue weighted by Crippen LogP contribution is -2.36. The molecule has 0 rings (SSSR count). The standard InChI is InChI=1S/C10H24N2O2S/c1-9(2)15(13,14)8-7-12(4)10(3)5-6-11/h9-10H,5-8,11H2,1-4H3. The smallest absolute Gasteiger partial charge is 0.153 e. The van der Waals surface area contributed by atoms with Gasteiger partial charge in [-0.25, -0.2) is 8.42 Å². The first-order valence-corrected chi connectivity index (χ1v) is 7.14. The van der Waals surface area contributed by atoms with E-state index >= 15 is 0 Å². The molecule has 0 saturated carbocycles. The third-order valence-electron chi connectivity index (χ3n) is 2.78. The van der Waals surface area contributed by atoms with Gasteiger partial charge in [0.05, 0.1) is 11.0 Å². The van der Waals surface area contributed by atoms with E-state index < -0.39 is 9.84 Å². The molecule has 2 N–H and O–H groups in total. The number of hydrogen-bond donors (Lipinski definition) is 1. The number of hydrogen-bond acceptors (Lipinski definition) is 4. The first-order chi connectivity index (χ1) is 6.81. The van der Waals surface area contributed by atoms with Crippen LogP contribution in [0.4, 0.5) is 0 Å². The lowest BCUT2D eigenvalue weighted by atomic mass is 10.2. The van der Waals surface area contributed by atoms with Gasteiger partial charge < -0.3 is 10.6 Å². The van der Waals surface area contributed by atoms with E-state index in [0.29, 0.717) is 19.1 Å². The quantitative estimate of drug-likeness (QED) is 0.698. The van der Waals surface area contributed by atoms with Gasteiger partial charge in [0.15, 0.2) is 9.84 Å². The van der Waals surface area contributed by atoms with Crippen LogP contribution in [0.3, 0.4) is 0 Å². The Hall–Kier alpha value is -0.130. The monoisotopic (exact) mass is 236 g/mol. The molecule has 0 radical (unpaired) electrons. The summed E-state index contributed by atoms with van der Waals surface area (Å²) in [6.45, 7) is 6.73. The van der Waals surface area contributed by atoms with Crippen molar-refractivity contribution in [1.29, 1.82) is 0 Å². The number of rotatable bonds is 7. The summed E-state index contributed by atoms with van der Waals surface area (Å²) in [5, 5.41) is -0.282. The molecule has 92 valence electrons. The summed E-state index contributed by atoms with van der Waals surface area (Å²) in [6.07, 6.45) is 0.901. The Bertz CT molecular complexity index is 263. The molecule has 0 aliphatic carbocycles. The third kappa shape index (κ3) is 5.49. The van der Waals surface area contributed by atoms with Gasteiger partial charge in [-0.15, -0.1) is 0 Å². The zero-order valence-corrected chi connectivity index (χ0v) is 11.0. The number of sulfone groups is 1. The van der Waals surface area contributed by atoms with Crippen LogP contribution in [0.15, 0.2) is 0 Å². The third-order valence-corrected chi connectivity index (χ3v) is 4.97. The fourth-order valence-corrected chi connectivity index (χ4v) is 2.20. The maximum atomic E-state index is 11.6. The Kier molecular flexibility index (Phi) is 6.40. The van der Waals surface area contributed by atoms with Crippen LogP contribution < -0.4 is 5.73 Å². The van der Waals surface area contributed by atoms with Crippen LogP contribution in [0.2, 0.25) is 0 Å². The first-order valence-electron chi connectivity index (χ1n) is 5.43. The molecule has 15 heavy (non-hydrogen) atoms. The molecular weight excluding hydrogens is 212 g/mol. The van der Waals surface area contributed by atoms with E-state index in [0.717, 1.165) is 6.42 Å². The highest BCUT2D eigenvalue weighted by Gasteiger charge is 2.18. The average molecular weight is 236 g/mol. The van der Waals surface area contributed by atoms with Crippen LogP contribution in [0.25, 0.3) is 0 Å². The van der Waals surface area contributed by atoms with Gasteiger partial charge in [-0.2, -0.15) is 0 Å². The molecule has 0 aliphatic rings. The molecule has 0 heterocycles. The van der Waals surface area contributed by atoms with Crippen molar-refractivity contribution >= 4 is 9.84 Å². The minimum atomic E-state index is -2.91. The maximum absolute atomic E-state index is 11.6. The van der Waals surface area contributed by atoms with Gasteiger partial charge in [-0.05, 0) is 40.8 Å². The van der Waals surface area contributed by atoms with Gasteiger partial charge in [0.2, 0.25) is 0 Å². The minimum Gasteiger partial charge on any atom is -0.330 e. The summed E-state index contributed by atoms with van der Waals surface area (Å²) in [5.74, 6) is 0.232. The normalized spacial score (nSPS) is 14.9. The van der Waals surface area contributed by atoms with E-state index in [1.807, 2.05) is 11.9 Å². The highest BCUT2D eigenvalue weighted by molar-refractivity contribution is 7.92. The second-order valence-electron chi connectivity index (χ2n) is 4.32. The van der Waals surface area contributed by atoms with Crippen molar-refractivity contribution in [3.8, 4) is 0 Å². The van der Waals surface area contributed by atoms with Crippen molar-refractivity contribution in [1.82, 2.24) is 4.90 Å². The molecule has 0 amide bonds. The zero-order chi connectivity index (χ0) is 12.1. The van der Waals surface area contributed by atoms with Crippen molar-refractivity contribution in [3.63, 3.8) is 0 Å². The highest BCUT2D eigenvalue weighted by Crippen LogP contribution is 2.04. The van der Waals surface area contributed by atoms with E-state index in [1.165, 1.54) is 0 Å². The molecule has 1 unspecified atom stereocenters. The van der Waals surface area contributed by atoms with E-state index in [2.05, 4.69) is 6.92 Å². The minimum absolute atomic E-state index is 0.232. The molecule has 1 atom stereocenters. The summed E-state index contributed by atoms with van der Waals surface area (Å²) in [7, 11) is -0.974. The summed E-state index contributed by atoms with van der Waals surface area (Å²) in [4.78, 5) is 2.05. The molecule has 0 fully saturated rings. The average Bonchev–Trinajstić information content (AvgIpc) is 2.14. The van der Waals surface area contributed by atoms with Gasteiger partial charge in [0.25, 0.3) is 0 Å². The van der Waals surface area contributed by atoms with E-state index in [4.69, 9.17) is 5.73 Å². The van der Waals surface area contributed by atoms with Gasteiger partial charge >= 0.3 is 0 Å².